The van der Waals surface area contributed by atoms with Gasteiger partial charge in [0.2, 0.25) is 5.91 Å². The maximum atomic E-state index is 11.4. The lowest BCUT2D eigenvalue weighted by Gasteiger charge is -2.09. The van der Waals surface area contributed by atoms with Crippen LogP contribution in [0.1, 0.15) is 18.9 Å². The molecule has 1 amide bonds. The Bertz CT molecular complexity index is 347. The average molecular weight is 308 g/mol. The molecule has 0 aliphatic carbocycles. The molecule has 1 atom stereocenters. The SMILES string of the molecule is CC[C@H](N)C(=O)NCc1cccc(Br)c1.Cl. The van der Waals surface area contributed by atoms with Crippen molar-refractivity contribution < 1.29 is 4.79 Å². The van der Waals surface area contributed by atoms with E-state index in [1.54, 1.807) is 0 Å². The molecule has 0 spiro atoms. The van der Waals surface area contributed by atoms with Gasteiger partial charge in [-0.15, -0.1) is 12.4 Å². The van der Waals surface area contributed by atoms with Crippen LogP contribution >= 0.6 is 28.3 Å². The minimum atomic E-state index is -0.405. The highest BCUT2D eigenvalue weighted by molar-refractivity contribution is 9.10. The van der Waals surface area contributed by atoms with Crippen molar-refractivity contribution in [2.45, 2.75) is 25.9 Å². The Labute approximate surface area is 110 Å². The first-order valence-electron chi connectivity index (χ1n) is 4.91. The molecule has 16 heavy (non-hydrogen) atoms. The first kappa shape index (κ1) is 15.4. The number of halogens is 2. The van der Waals surface area contributed by atoms with Crippen molar-refractivity contribution in [3.05, 3.63) is 34.3 Å². The lowest BCUT2D eigenvalue weighted by molar-refractivity contribution is -0.122. The van der Waals surface area contributed by atoms with Crippen LogP contribution in [0.3, 0.4) is 0 Å². The summed E-state index contributed by atoms with van der Waals surface area (Å²) < 4.78 is 1.01. The van der Waals surface area contributed by atoms with Gasteiger partial charge in [0.25, 0.3) is 0 Å². The van der Waals surface area contributed by atoms with Crippen LogP contribution in [0.5, 0.6) is 0 Å². The molecule has 0 saturated heterocycles. The van der Waals surface area contributed by atoms with Crippen molar-refractivity contribution in [2.75, 3.05) is 0 Å². The van der Waals surface area contributed by atoms with E-state index in [-0.39, 0.29) is 18.3 Å². The van der Waals surface area contributed by atoms with Crippen LogP contribution in [-0.2, 0) is 11.3 Å². The van der Waals surface area contributed by atoms with E-state index in [4.69, 9.17) is 5.73 Å². The zero-order valence-corrected chi connectivity index (χ0v) is 11.5. The second-order valence-electron chi connectivity index (χ2n) is 3.36. The molecule has 0 radical (unpaired) electrons. The molecule has 5 heteroatoms. The Morgan fingerprint density at radius 3 is 2.81 bits per heavy atom. The molecule has 0 aromatic heterocycles. The summed E-state index contributed by atoms with van der Waals surface area (Å²) >= 11 is 3.37. The number of hydrogen-bond donors (Lipinski definition) is 2. The summed E-state index contributed by atoms with van der Waals surface area (Å²) in [6.07, 6.45) is 0.657. The van der Waals surface area contributed by atoms with Gasteiger partial charge in [0.1, 0.15) is 0 Å². The fraction of sp³-hybridized carbons (Fsp3) is 0.364. The van der Waals surface area contributed by atoms with Crippen LogP contribution in [0.15, 0.2) is 28.7 Å². The van der Waals surface area contributed by atoms with Crippen molar-refractivity contribution in [1.82, 2.24) is 5.32 Å². The van der Waals surface area contributed by atoms with Gasteiger partial charge in [-0.2, -0.15) is 0 Å². The number of carbonyl (C=O) groups excluding carboxylic acids is 1. The molecule has 1 aromatic rings. The summed E-state index contributed by atoms with van der Waals surface area (Å²) in [4.78, 5) is 11.4. The van der Waals surface area contributed by atoms with Gasteiger partial charge in [0, 0.05) is 11.0 Å². The first-order chi connectivity index (χ1) is 7.13. The van der Waals surface area contributed by atoms with E-state index in [1.165, 1.54) is 0 Å². The van der Waals surface area contributed by atoms with Crippen LogP contribution in [0, 0.1) is 0 Å². The third-order valence-electron chi connectivity index (χ3n) is 2.13. The zero-order valence-electron chi connectivity index (χ0n) is 9.07. The first-order valence-corrected chi connectivity index (χ1v) is 5.70. The Kier molecular flexibility index (Phi) is 7.38. The molecule has 0 bridgehead atoms. The average Bonchev–Trinajstić information content (AvgIpc) is 2.25. The number of rotatable bonds is 4. The van der Waals surface area contributed by atoms with Crippen molar-refractivity contribution in [1.29, 1.82) is 0 Å². The number of benzene rings is 1. The van der Waals surface area contributed by atoms with Crippen LogP contribution in [0.2, 0.25) is 0 Å². The number of hydrogen-bond acceptors (Lipinski definition) is 2. The van der Waals surface area contributed by atoms with Gasteiger partial charge in [-0.05, 0) is 24.1 Å². The number of nitrogens with two attached hydrogens (primary N) is 1. The molecule has 3 nitrogen and oxygen atoms in total. The summed E-state index contributed by atoms with van der Waals surface area (Å²) in [7, 11) is 0. The van der Waals surface area contributed by atoms with Crippen LogP contribution < -0.4 is 11.1 Å². The Balaban J connectivity index is 0.00000225. The summed E-state index contributed by atoms with van der Waals surface area (Å²) in [5, 5.41) is 2.79. The summed E-state index contributed by atoms with van der Waals surface area (Å²) in [5.74, 6) is -0.0996. The second kappa shape index (κ2) is 7.65. The van der Waals surface area contributed by atoms with Gasteiger partial charge < -0.3 is 11.1 Å². The summed E-state index contributed by atoms with van der Waals surface area (Å²) in [6.45, 7) is 2.41. The standard InChI is InChI=1S/C11H15BrN2O.ClH/c1-2-10(13)11(15)14-7-8-4-3-5-9(12)6-8;/h3-6,10H,2,7,13H2,1H3,(H,14,15);1H/t10-;/m0./s1. The van der Waals surface area contributed by atoms with E-state index in [0.29, 0.717) is 13.0 Å². The summed E-state index contributed by atoms with van der Waals surface area (Å²) in [5.41, 5.74) is 6.65. The smallest absolute Gasteiger partial charge is 0.237 e. The molecule has 0 heterocycles. The van der Waals surface area contributed by atoms with Crippen molar-refractivity contribution in [2.24, 2.45) is 5.73 Å². The van der Waals surface area contributed by atoms with Crippen LogP contribution in [-0.4, -0.2) is 11.9 Å². The fourth-order valence-corrected chi connectivity index (χ4v) is 1.60. The molecule has 1 aromatic carbocycles. The van der Waals surface area contributed by atoms with Gasteiger partial charge in [0.05, 0.1) is 6.04 Å². The minimum Gasteiger partial charge on any atom is -0.351 e. The van der Waals surface area contributed by atoms with Gasteiger partial charge in [-0.3, -0.25) is 4.79 Å². The zero-order chi connectivity index (χ0) is 11.3. The van der Waals surface area contributed by atoms with Crippen molar-refractivity contribution in [3.8, 4) is 0 Å². The molecule has 0 unspecified atom stereocenters. The second-order valence-corrected chi connectivity index (χ2v) is 4.28. The van der Waals surface area contributed by atoms with Gasteiger partial charge in [-0.1, -0.05) is 35.0 Å². The lowest BCUT2D eigenvalue weighted by Crippen LogP contribution is -2.39. The predicted molar refractivity (Wildman–Crippen MR) is 71.5 cm³/mol. The van der Waals surface area contributed by atoms with E-state index in [0.717, 1.165) is 10.0 Å². The third-order valence-corrected chi connectivity index (χ3v) is 2.63. The highest BCUT2D eigenvalue weighted by atomic mass is 79.9. The Hall–Kier alpha value is -0.580. The lowest BCUT2D eigenvalue weighted by atomic mass is 10.2. The molecule has 0 aliphatic rings. The quantitative estimate of drug-likeness (QED) is 0.896. The van der Waals surface area contributed by atoms with E-state index >= 15 is 0 Å². The molecule has 0 saturated carbocycles. The molecule has 3 N–H and O–H groups in total. The number of nitrogens with one attached hydrogen (secondary N) is 1. The Morgan fingerprint density at radius 1 is 1.56 bits per heavy atom. The van der Waals surface area contributed by atoms with Crippen molar-refractivity contribution >= 4 is 34.2 Å². The van der Waals surface area contributed by atoms with Gasteiger partial charge in [-0.25, -0.2) is 0 Å². The third kappa shape index (κ3) is 4.96. The van der Waals surface area contributed by atoms with Gasteiger partial charge in [0.15, 0.2) is 0 Å². The summed E-state index contributed by atoms with van der Waals surface area (Å²) in [6, 6.07) is 7.41. The molecular weight excluding hydrogens is 291 g/mol. The van der Waals surface area contributed by atoms with E-state index in [1.807, 2.05) is 31.2 Å². The van der Waals surface area contributed by atoms with Crippen LogP contribution in [0.4, 0.5) is 0 Å². The molecular formula is C11H16BrClN2O. The number of amides is 1. The molecule has 0 aliphatic heterocycles. The highest BCUT2D eigenvalue weighted by Crippen LogP contribution is 2.11. The molecule has 90 valence electrons. The highest BCUT2D eigenvalue weighted by Gasteiger charge is 2.09. The normalized spacial score (nSPS) is 11.4. The number of carbonyl (C=O) groups is 1. The molecule has 0 fully saturated rings. The Morgan fingerprint density at radius 2 is 2.25 bits per heavy atom. The monoisotopic (exact) mass is 306 g/mol. The van der Waals surface area contributed by atoms with Crippen molar-refractivity contribution in [3.63, 3.8) is 0 Å². The predicted octanol–water partition coefficient (Wildman–Crippen LogP) is 2.22. The van der Waals surface area contributed by atoms with E-state index < -0.39 is 6.04 Å². The topological polar surface area (TPSA) is 55.1 Å². The maximum absolute atomic E-state index is 11.4. The maximum Gasteiger partial charge on any atom is 0.237 e. The van der Waals surface area contributed by atoms with Gasteiger partial charge >= 0.3 is 0 Å². The van der Waals surface area contributed by atoms with Crippen LogP contribution in [0.25, 0.3) is 0 Å². The largest absolute Gasteiger partial charge is 0.351 e. The van der Waals surface area contributed by atoms with E-state index in [2.05, 4.69) is 21.2 Å². The fourth-order valence-electron chi connectivity index (χ4n) is 1.15. The van der Waals surface area contributed by atoms with E-state index in [9.17, 15) is 4.79 Å². The minimum absolute atomic E-state index is 0. The molecule has 1 rings (SSSR count).